The molecule has 0 saturated heterocycles. The SMILES string of the molecule is COc1ccc(C(C)=O)c(F)c1Br. The van der Waals surface area contributed by atoms with Gasteiger partial charge in [0.15, 0.2) is 11.6 Å². The highest BCUT2D eigenvalue weighted by Crippen LogP contribution is 2.29. The quantitative estimate of drug-likeness (QED) is 0.751. The molecule has 0 saturated carbocycles. The molecule has 0 aliphatic heterocycles. The smallest absolute Gasteiger partial charge is 0.162 e. The second-order valence-corrected chi connectivity index (χ2v) is 3.29. The van der Waals surface area contributed by atoms with Gasteiger partial charge in [0.25, 0.3) is 0 Å². The number of carbonyl (C=O) groups excluding carboxylic acids is 1. The zero-order chi connectivity index (χ0) is 10.0. The number of ketones is 1. The van der Waals surface area contributed by atoms with Crippen molar-refractivity contribution in [3.63, 3.8) is 0 Å². The fraction of sp³-hybridized carbons (Fsp3) is 0.222. The van der Waals surface area contributed by atoms with Gasteiger partial charge in [-0.3, -0.25) is 4.79 Å². The maximum absolute atomic E-state index is 13.4. The third-order valence-corrected chi connectivity index (χ3v) is 2.38. The summed E-state index contributed by atoms with van der Waals surface area (Å²) in [6.07, 6.45) is 0. The first-order valence-electron chi connectivity index (χ1n) is 3.61. The molecule has 1 aromatic carbocycles. The van der Waals surface area contributed by atoms with E-state index in [2.05, 4.69) is 15.9 Å². The van der Waals surface area contributed by atoms with Gasteiger partial charge in [0.1, 0.15) is 5.75 Å². The predicted molar refractivity (Wildman–Crippen MR) is 50.7 cm³/mol. The normalized spacial score (nSPS) is 9.85. The Morgan fingerprint density at radius 3 is 2.62 bits per heavy atom. The van der Waals surface area contributed by atoms with Crippen LogP contribution in [0.4, 0.5) is 4.39 Å². The molecule has 2 nitrogen and oxygen atoms in total. The van der Waals surface area contributed by atoms with Crippen molar-refractivity contribution in [1.29, 1.82) is 0 Å². The van der Waals surface area contributed by atoms with Crippen molar-refractivity contribution >= 4 is 21.7 Å². The molecule has 0 heterocycles. The highest BCUT2D eigenvalue weighted by Gasteiger charge is 2.13. The topological polar surface area (TPSA) is 26.3 Å². The molecule has 0 radical (unpaired) electrons. The van der Waals surface area contributed by atoms with Crippen LogP contribution < -0.4 is 4.74 Å². The van der Waals surface area contributed by atoms with Crippen LogP contribution in [0.3, 0.4) is 0 Å². The lowest BCUT2D eigenvalue weighted by atomic mass is 10.1. The van der Waals surface area contributed by atoms with Gasteiger partial charge < -0.3 is 4.74 Å². The van der Waals surface area contributed by atoms with Crippen LogP contribution in [-0.2, 0) is 0 Å². The van der Waals surface area contributed by atoms with Gasteiger partial charge in [-0.05, 0) is 35.0 Å². The highest BCUT2D eigenvalue weighted by atomic mass is 79.9. The molecule has 1 aromatic rings. The van der Waals surface area contributed by atoms with Gasteiger partial charge in [-0.25, -0.2) is 4.39 Å². The van der Waals surface area contributed by atoms with Gasteiger partial charge in [0.05, 0.1) is 17.1 Å². The largest absolute Gasteiger partial charge is 0.495 e. The van der Waals surface area contributed by atoms with E-state index in [1.165, 1.54) is 20.1 Å². The summed E-state index contributed by atoms with van der Waals surface area (Å²) in [7, 11) is 1.44. The molecule has 70 valence electrons. The lowest BCUT2D eigenvalue weighted by Gasteiger charge is -2.05. The molecular weight excluding hydrogens is 239 g/mol. The lowest BCUT2D eigenvalue weighted by Crippen LogP contribution is -1.99. The Morgan fingerprint density at radius 2 is 2.15 bits per heavy atom. The first kappa shape index (κ1) is 10.2. The number of carbonyl (C=O) groups is 1. The Kier molecular flexibility index (Phi) is 3.03. The Morgan fingerprint density at radius 1 is 1.54 bits per heavy atom. The molecule has 13 heavy (non-hydrogen) atoms. The van der Waals surface area contributed by atoms with Gasteiger partial charge >= 0.3 is 0 Å². The number of Topliss-reactive ketones (excluding diaryl/α,β-unsaturated/α-hetero) is 1. The summed E-state index contributed by atoms with van der Waals surface area (Å²) < 4.78 is 18.4. The summed E-state index contributed by atoms with van der Waals surface area (Å²) in [5.41, 5.74) is 0.0627. The molecule has 0 bridgehead atoms. The Hall–Kier alpha value is -0.900. The summed E-state index contributed by atoms with van der Waals surface area (Å²) in [5.74, 6) is -0.504. The molecule has 1 rings (SSSR count). The minimum Gasteiger partial charge on any atom is -0.495 e. The van der Waals surface area contributed by atoms with Gasteiger partial charge in [0.2, 0.25) is 0 Å². The third-order valence-electron chi connectivity index (χ3n) is 1.65. The summed E-state index contributed by atoms with van der Waals surface area (Å²) in [5, 5.41) is 0. The zero-order valence-electron chi connectivity index (χ0n) is 7.23. The average molecular weight is 247 g/mol. The molecule has 0 aliphatic carbocycles. The molecule has 0 fully saturated rings. The van der Waals surface area contributed by atoms with E-state index in [1.807, 2.05) is 0 Å². The maximum Gasteiger partial charge on any atom is 0.162 e. The van der Waals surface area contributed by atoms with Crippen LogP contribution in [0.2, 0.25) is 0 Å². The molecule has 0 amide bonds. The van der Waals surface area contributed by atoms with Crippen molar-refractivity contribution in [3.05, 3.63) is 28.0 Å². The first-order valence-corrected chi connectivity index (χ1v) is 4.40. The zero-order valence-corrected chi connectivity index (χ0v) is 8.81. The van der Waals surface area contributed by atoms with E-state index >= 15 is 0 Å². The van der Waals surface area contributed by atoms with Gasteiger partial charge in [-0.2, -0.15) is 0 Å². The Labute approximate surface area is 83.8 Å². The van der Waals surface area contributed by atoms with Crippen LogP contribution in [0, 0.1) is 5.82 Å². The molecule has 4 heteroatoms. The average Bonchev–Trinajstić information content (AvgIpc) is 2.09. The fourth-order valence-corrected chi connectivity index (χ4v) is 1.47. The van der Waals surface area contributed by atoms with Crippen LogP contribution in [-0.4, -0.2) is 12.9 Å². The predicted octanol–water partition coefficient (Wildman–Crippen LogP) is 2.80. The molecule has 0 N–H and O–H groups in total. The fourth-order valence-electron chi connectivity index (χ4n) is 0.961. The number of methoxy groups -OCH3 is 1. The number of ether oxygens (including phenoxy) is 1. The second-order valence-electron chi connectivity index (χ2n) is 2.50. The van der Waals surface area contributed by atoms with Gasteiger partial charge in [-0.1, -0.05) is 0 Å². The number of hydrogen-bond donors (Lipinski definition) is 0. The van der Waals surface area contributed by atoms with E-state index in [9.17, 15) is 9.18 Å². The minimum absolute atomic E-state index is 0.0627. The highest BCUT2D eigenvalue weighted by molar-refractivity contribution is 9.10. The van der Waals surface area contributed by atoms with E-state index in [1.54, 1.807) is 6.07 Å². The van der Waals surface area contributed by atoms with Crippen LogP contribution in [0.25, 0.3) is 0 Å². The minimum atomic E-state index is -0.577. The van der Waals surface area contributed by atoms with Crippen molar-refractivity contribution in [1.82, 2.24) is 0 Å². The summed E-state index contributed by atoms with van der Waals surface area (Å²) >= 11 is 3.01. The number of hydrogen-bond acceptors (Lipinski definition) is 2. The third kappa shape index (κ3) is 1.88. The monoisotopic (exact) mass is 246 g/mol. The summed E-state index contributed by atoms with van der Waals surface area (Å²) in [4.78, 5) is 10.9. The van der Waals surface area contributed by atoms with Crippen LogP contribution >= 0.6 is 15.9 Å². The molecular formula is C9H8BrFO2. The van der Waals surface area contributed by atoms with Gasteiger partial charge in [-0.15, -0.1) is 0 Å². The maximum atomic E-state index is 13.4. The first-order chi connectivity index (χ1) is 6.07. The van der Waals surface area contributed by atoms with Crippen LogP contribution in [0.15, 0.2) is 16.6 Å². The van der Waals surface area contributed by atoms with Crippen LogP contribution in [0.5, 0.6) is 5.75 Å². The summed E-state index contributed by atoms with van der Waals surface area (Å²) in [6.45, 7) is 1.32. The molecule has 0 aliphatic rings. The molecule has 0 spiro atoms. The lowest BCUT2D eigenvalue weighted by molar-refractivity contribution is 0.101. The van der Waals surface area contributed by atoms with Crippen molar-refractivity contribution in [2.75, 3.05) is 7.11 Å². The van der Waals surface area contributed by atoms with Crippen molar-refractivity contribution in [2.45, 2.75) is 6.92 Å². The summed E-state index contributed by atoms with van der Waals surface area (Å²) in [6, 6.07) is 2.95. The van der Waals surface area contributed by atoms with E-state index in [4.69, 9.17) is 4.74 Å². The van der Waals surface area contributed by atoms with Crippen molar-refractivity contribution < 1.29 is 13.9 Å². The van der Waals surface area contributed by atoms with E-state index in [0.29, 0.717) is 5.75 Å². The Balaban J connectivity index is 3.31. The molecule has 0 aromatic heterocycles. The van der Waals surface area contributed by atoms with Gasteiger partial charge in [0, 0.05) is 0 Å². The van der Waals surface area contributed by atoms with Crippen LogP contribution in [0.1, 0.15) is 17.3 Å². The Bertz CT molecular complexity index is 350. The number of benzene rings is 1. The second kappa shape index (κ2) is 3.87. The number of rotatable bonds is 2. The molecule has 0 atom stereocenters. The number of halogens is 2. The van der Waals surface area contributed by atoms with E-state index in [-0.39, 0.29) is 15.8 Å². The van der Waals surface area contributed by atoms with E-state index in [0.717, 1.165) is 0 Å². The van der Waals surface area contributed by atoms with Crippen molar-refractivity contribution in [3.8, 4) is 5.75 Å². The van der Waals surface area contributed by atoms with E-state index < -0.39 is 5.82 Å². The van der Waals surface area contributed by atoms with Crippen molar-refractivity contribution in [2.24, 2.45) is 0 Å². The standard InChI is InChI=1S/C9H8BrFO2/c1-5(12)6-3-4-7(13-2)8(10)9(6)11/h3-4H,1-2H3. The molecule has 0 unspecified atom stereocenters.